The van der Waals surface area contributed by atoms with Crippen molar-refractivity contribution in [3.8, 4) is 17.3 Å². The van der Waals surface area contributed by atoms with Crippen molar-refractivity contribution in [1.82, 2.24) is 25.5 Å². The van der Waals surface area contributed by atoms with Crippen LogP contribution in [0, 0.1) is 11.3 Å². The molecule has 0 radical (unpaired) electrons. The lowest BCUT2D eigenvalue weighted by molar-refractivity contribution is -0.192. The van der Waals surface area contributed by atoms with E-state index in [-0.39, 0.29) is 23.1 Å². The number of carboxylic acids is 1. The molecule has 0 spiro atoms. The summed E-state index contributed by atoms with van der Waals surface area (Å²) in [6.45, 7) is 3.34. The fourth-order valence-electron chi connectivity index (χ4n) is 3.14. The molecule has 200 valence electrons. The molecule has 2 aromatic rings. The van der Waals surface area contributed by atoms with E-state index in [4.69, 9.17) is 9.90 Å². The van der Waals surface area contributed by atoms with Crippen LogP contribution in [-0.2, 0) is 17.4 Å². The third-order valence-electron chi connectivity index (χ3n) is 4.90. The number of alkyl halides is 6. The Balaban J connectivity index is 0.000000604. The van der Waals surface area contributed by atoms with Gasteiger partial charge in [-0.2, -0.15) is 31.6 Å². The minimum absolute atomic E-state index is 0.0519. The third kappa shape index (κ3) is 9.56. The number of halogens is 6. The first-order valence-corrected chi connectivity index (χ1v) is 10.8. The number of rotatable bonds is 8. The first-order chi connectivity index (χ1) is 17.3. The lowest BCUT2D eigenvalue weighted by atomic mass is 10.1. The number of hydrogen-bond acceptors (Lipinski definition) is 6. The smallest absolute Gasteiger partial charge is 0.475 e. The lowest BCUT2D eigenvalue weighted by Crippen LogP contribution is -2.35. The molecule has 1 aromatic heterocycles. The van der Waals surface area contributed by atoms with Gasteiger partial charge in [-0.05, 0) is 37.6 Å². The molecule has 37 heavy (non-hydrogen) atoms. The van der Waals surface area contributed by atoms with Crippen LogP contribution < -0.4 is 10.6 Å². The number of benzene rings is 1. The number of carbonyl (C=O) groups excluding carboxylic acids is 1. The first-order valence-electron chi connectivity index (χ1n) is 10.8. The molecule has 0 saturated carbocycles. The zero-order valence-electron chi connectivity index (χ0n) is 19.2. The van der Waals surface area contributed by atoms with E-state index in [1.807, 2.05) is 6.07 Å². The highest BCUT2D eigenvalue weighted by Gasteiger charge is 2.38. The molecule has 0 unspecified atom stereocenters. The number of urea groups is 1. The maximum atomic E-state index is 13.0. The predicted octanol–water partition coefficient (Wildman–Crippen LogP) is 3.21. The van der Waals surface area contributed by atoms with Gasteiger partial charge in [0.05, 0.1) is 11.3 Å². The van der Waals surface area contributed by atoms with Gasteiger partial charge in [0.2, 0.25) is 5.82 Å². The average molecular weight is 532 g/mol. The van der Waals surface area contributed by atoms with E-state index in [1.54, 1.807) is 11.0 Å². The highest BCUT2D eigenvalue weighted by molar-refractivity contribution is 5.76. The molecule has 1 aliphatic rings. The Morgan fingerprint density at radius 1 is 1.16 bits per heavy atom. The maximum absolute atomic E-state index is 13.0. The molecule has 1 aromatic carbocycles. The zero-order valence-corrected chi connectivity index (χ0v) is 19.2. The van der Waals surface area contributed by atoms with Crippen molar-refractivity contribution in [2.75, 3.05) is 32.7 Å². The SMILES string of the molecule is N#Cc1nc(CCCNCCN2CCNC2=O)cc(-c2cccc(C(F)(F)F)c2)n1.O=C(O)C(F)(F)F. The Morgan fingerprint density at radius 3 is 2.43 bits per heavy atom. The Hall–Kier alpha value is -3.93. The van der Waals surface area contributed by atoms with Gasteiger partial charge in [-0.1, -0.05) is 12.1 Å². The molecule has 3 rings (SSSR count). The summed E-state index contributed by atoms with van der Waals surface area (Å²) >= 11 is 0. The van der Waals surface area contributed by atoms with Crippen molar-refractivity contribution in [2.45, 2.75) is 25.2 Å². The summed E-state index contributed by atoms with van der Waals surface area (Å²) in [6, 6.07) is 8.28. The second-order valence-electron chi connectivity index (χ2n) is 7.63. The fourth-order valence-corrected chi connectivity index (χ4v) is 3.14. The highest BCUT2D eigenvalue weighted by Crippen LogP contribution is 2.31. The van der Waals surface area contributed by atoms with E-state index >= 15 is 0 Å². The van der Waals surface area contributed by atoms with E-state index in [0.717, 1.165) is 18.6 Å². The molecule has 9 nitrogen and oxygen atoms in total. The molecule has 2 amide bonds. The van der Waals surface area contributed by atoms with Gasteiger partial charge in [-0.15, -0.1) is 0 Å². The lowest BCUT2D eigenvalue weighted by Gasteiger charge is -2.14. The number of aryl methyl sites for hydroxylation is 1. The van der Waals surface area contributed by atoms with Crippen molar-refractivity contribution in [1.29, 1.82) is 5.26 Å². The minimum atomic E-state index is -5.08. The quantitative estimate of drug-likeness (QED) is 0.352. The molecule has 0 atom stereocenters. The Bertz CT molecular complexity index is 1130. The molecule has 3 N–H and O–H groups in total. The molecule has 2 heterocycles. The second kappa shape index (κ2) is 12.9. The number of carboxylic acid groups (broad SMARTS) is 1. The molecular weight excluding hydrogens is 510 g/mol. The standard InChI is InChI=1S/C20H21F3N6O.C2HF3O2/c21-20(22,23)15-4-1-3-14(11-15)17-12-16(27-18(13-24)28-17)5-2-6-25-7-9-29-10-8-26-19(29)30;3-2(4,5)1(6)7/h1,3-4,11-12,25H,2,5-10H2,(H,26,30);(H,6,7). The van der Waals surface area contributed by atoms with Gasteiger partial charge in [0, 0.05) is 37.4 Å². The molecule has 1 saturated heterocycles. The molecule has 15 heteroatoms. The van der Waals surface area contributed by atoms with Crippen LogP contribution in [-0.4, -0.2) is 70.9 Å². The van der Waals surface area contributed by atoms with Crippen LogP contribution >= 0.6 is 0 Å². The van der Waals surface area contributed by atoms with E-state index in [1.165, 1.54) is 12.1 Å². The van der Waals surface area contributed by atoms with Crippen LogP contribution in [0.2, 0.25) is 0 Å². The number of hydrogen-bond donors (Lipinski definition) is 3. The van der Waals surface area contributed by atoms with E-state index in [2.05, 4.69) is 20.6 Å². The average Bonchev–Trinajstić information content (AvgIpc) is 3.25. The van der Waals surface area contributed by atoms with Gasteiger partial charge in [0.15, 0.2) is 0 Å². The number of nitrogens with one attached hydrogen (secondary N) is 2. The third-order valence-corrected chi connectivity index (χ3v) is 4.90. The summed E-state index contributed by atoms with van der Waals surface area (Å²) in [6.07, 6.45) is -8.28. The maximum Gasteiger partial charge on any atom is 0.490 e. The van der Waals surface area contributed by atoms with Crippen molar-refractivity contribution >= 4 is 12.0 Å². The van der Waals surface area contributed by atoms with Gasteiger partial charge < -0.3 is 20.6 Å². The van der Waals surface area contributed by atoms with Crippen molar-refractivity contribution in [3.63, 3.8) is 0 Å². The van der Waals surface area contributed by atoms with Crippen LogP contribution in [0.3, 0.4) is 0 Å². The van der Waals surface area contributed by atoms with Gasteiger partial charge in [-0.3, -0.25) is 0 Å². The van der Waals surface area contributed by atoms with Crippen molar-refractivity contribution < 1.29 is 41.0 Å². The molecule has 0 aliphatic carbocycles. The monoisotopic (exact) mass is 532 g/mol. The fraction of sp³-hybridized carbons (Fsp3) is 0.409. The Kier molecular flexibility index (Phi) is 10.2. The van der Waals surface area contributed by atoms with Gasteiger partial charge in [-0.25, -0.2) is 19.6 Å². The minimum Gasteiger partial charge on any atom is -0.475 e. The Morgan fingerprint density at radius 2 is 1.86 bits per heavy atom. The van der Waals surface area contributed by atoms with Crippen LogP contribution in [0.4, 0.5) is 31.1 Å². The first kappa shape index (κ1) is 29.3. The van der Waals surface area contributed by atoms with Crippen molar-refractivity contribution in [2.24, 2.45) is 0 Å². The topological polar surface area (TPSA) is 131 Å². The van der Waals surface area contributed by atoms with E-state index < -0.39 is 23.9 Å². The number of nitriles is 1. The predicted molar refractivity (Wildman–Crippen MR) is 117 cm³/mol. The number of carbonyl (C=O) groups is 2. The second-order valence-corrected chi connectivity index (χ2v) is 7.63. The summed E-state index contributed by atoms with van der Waals surface area (Å²) in [4.78, 5) is 30.3. The number of aliphatic carboxylic acids is 1. The van der Waals surface area contributed by atoms with Gasteiger partial charge in [0.1, 0.15) is 6.07 Å². The number of amides is 2. The largest absolute Gasteiger partial charge is 0.490 e. The summed E-state index contributed by atoms with van der Waals surface area (Å²) in [7, 11) is 0. The molecule has 1 aliphatic heterocycles. The van der Waals surface area contributed by atoms with Crippen LogP contribution in [0.5, 0.6) is 0 Å². The van der Waals surface area contributed by atoms with Gasteiger partial charge in [0.25, 0.3) is 0 Å². The van der Waals surface area contributed by atoms with E-state index in [0.29, 0.717) is 44.8 Å². The molecular formula is C22H22F6N6O3. The summed E-state index contributed by atoms with van der Waals surface area (Å²) in [5.74, 6) is -2.83. The summed E-state index contributed by atoms with van der Waals surface area (Å²) in [5, 5.41) is 22.3. The Labute approximate surface area is 207 Å². The number of aromatic nitrogens is 2. The van der Waals surface area contributed by atoms with Crippen molar-refractivity contribution in [3.05, 3.63) is 47.4 Å². The molecule has 1 fully saturated rings. The van der Waals surface area contributed by atoms with E-state index in [9.17, 15) is 36.4 Å². The van der Waals surface area contributed by atoms with Gasteiger partial charge >= 0.3 is 24.4 Å². The van der Waals surface area contributed by atoms with Crippen LogP contribution in [0.25, 0.3) is 11.3 Å². The zero-order chi connectivity index (χ0) is 27.6. The normalized spacial score (nSPS) is 13.4. The molecule has 0 bridgehead atoms. The van der Waals surface area contributed by atoms with Crippen LogP contribution in [0.1, 0.15) is 23.5 Å². The van der Waals surface area contributed by atoms with Crippen LogP contribution in [0.15, 0.2) is 30.3 Å². The highest BCUT2D eigenvalue weighted by atomic mass is 19.4. The summed E-state index contributed by atoms with van der Waals surface area (Å²) < 4.78 is 70.7. The summed E-state index contributed by atoms with van der Waals surface area (Å²) in [5.41, 5.74) is 0.395. The number of nitrogens with zero attached hydrogens (tertiary/aromatic N) is 4.